The normalized spacial score (nSPS) is 10.2. The molecule has 19 heavy (non-hydrogen) atoms. The molecule has 1 aromatic carbocycles. The lowest BCUT2D eigenvalue weighted by Crippen LogP contribution is -1.98. The molecule has 1 heterocycles. The van der Waals surface area contributed by atoms with Crippen molar-refractivity contribution < 1.29 is 0 Å². The zero-order chi connectivity index (χ0) is 14.0. The summed E-state index contributed by atoms with van der Waals surface area (Å²) in [5.41, 5.74) is 7.58. The third-order valence-electron chi connectivity index (χ3n) is 2.57. The van der Waals surface area contributed by atoms with E-state index in [0.29, 0.717) is 27.1 Å². The van der Waals surface area contributed by atoms with E-state index in [0.717, 1.165) is 5.56 Å². The van der Waals surface area contributed by atoms with E-state index in [9.17, 15) is 0 Å². The van der Waals surface area contributed by atoms with Crippen LogP contribution in [0, 0.1) is 11.3 Å². The number of nitrogens with two attached hydrogens (primary N) is 1. The number of aromatic nitrogens is 1. The molecule has 0 aliphatic rings. The quantitative estimate of drug-likeness (QED) is 0.838. The molecule has 1 aromatic heterocycles. The number of anilines is 1. The maximum absolute atomic E-state index is 8.84. The fourth-order valence-corrected chi connectivity index (χ4v) is 2.34. The molecule has 0 spiro atoms. The Labute approximate surface area is 125 Å². The number of pyridine rings is 1. The van der Waals surface area contributed by atoms with Gasteiger partial charge in [0.05, 0.1) is 33.3 Å². The van der Waals surface area contributed by atoms with E-state index in [1.807, 2.05) is 6.07 Å². The minimum absolute atomic E-state index is 0.136. The van der Waals surface area contributed by atoms with Crippen LogP contribution in [0.5, 0.6) is 0 Å². The van der Waals surface area contributed by atoms with Gasteiger partial charge in [0, 0.05) is 11.1 Å². The molecule has 2 aromatic rings. The summed E-state index contributed by atoms with van der Waals surface area (Å²) in [6.45, 7) is 0. The van der Waals surface area contributed by atoms with Gasteiger partial charge in [0.2, 0.25) is 0 Å². The first-order valence-electron chi connectivity index (χ1n) is 5.30. The maximum Gasteiger partial charge on any atom is 0.123 e. The summed E-state index contributed by atoms with van der Waals surface area (Å²) < 4.78 is 0. The molecule has 0 saturated heterocycles. The third kappa shape index (κ3) is 2.76. The second-order valence-electron chi connectivity index (χ2n) is 3.79. The molecule has 0 atom stereocenters. The zero-order valence-electron chi connectivity index (χ0n) is 9.62. The van der Waals surface area contributed by atoms with Crippen molar-refractivity contribution in [3.8, 4) is 17.2 Å². The Morgan fingerprint density at radius 1 is 1.05 bits per heavy atom. The first kappa shape index (κ1) is 14.0. The number of halogens is 3. The standard InChI is InChI=1S/C13H8Cl3N3/c14-9-3-1-8(12(15)13(9)16)7-2-4-11(18)19-10(7)5-6-17/h1-4H,5H2,(H2,18,19). The van der Waals surface area contributed by atoms with E-state index in [1.165, 1.54) is 0 Å². The molecular formula is C13H8Cl3N3. The van der Waals surface area contributed by atoms with Crippen molar-refractivity contribution in [2.45, 2.75) is 6.42 Å². The molecule has 0 unspecified atom stereocenters. The van der Waals surface area contributed by atoms with Gasteiger partial charge in [-0.1, -0.05) is 40.9 Å². The molecule has 6 heteroatoms. The van der Waals surface area contributed by atoms with Crippen molar-refractivity contribution in [1.82, 2.24) is 4.98 Å². The summed E-state index contributed by atoms with van der Waals surface area (Å²) in [5.74, 6) is 0.352. The van der Waals surface area contributed by atoms with Crippen molar-refractivity contribution in [2.24, 2.45) is 0 Å². The third-order valence-corrected chi connectivity index (χ3v) is 3.86. The molecule has 0 radical (unpaired) electrons. The van der Waals surface area contributed by atoms with Gasteiger partial charge in [-0.15, -0.1) is 0 Å². The molecule has 0 aliphatic heterocycles. The van der Waals surface area contributed by atoms with Crippen molar-refractivity contribution in [1.29, 1.82) is 5.26 Å². The van der Waals surface area contributed by atoms with Crippen LogP contribution in [0.15, 0.2) is 24.3 Å². The van der Waals surface area contributed by atoms with Crippen LogP contribution in [0.2, 0.25) is 15.1 Å². The highest BCUT2D eigenvalue weighted by Crippen LogP contribution is 2.39. The minimum atomic E-state index is 0.136. The second kappa shape index (κ2) is 5.66. The van der Waals surface area contributed by atoms with Crippen LogP contribution < -0.4 is 5.73 Å². The Morgan fingerprint density at radius 2 is 1.74 bits per heavy atom. The molecule has 0 aliphatic carbocycles. The predicted molar refractivity (Wildman–Crippen MR) is 78.4 cm³/mol. The summed E-state index contributed by atoms with van der Waals surface area (Å²) in [5, 5.41) is 9.83. The van der Waals surface area contributed by atoms with Gasteiger partial charge >= 0.3 is 0 Å². The van der Waals surface area contributed by atoms with E-state index in [-0.39, 0.29) is 11.4 Å². The molecular weight excluding hydrogens is 305 g/mol. The Kier molecular flexibility index (Phi) is 4.16. The van der Waals surface area contributed by atoms with Crippen LogP contribution in [0.4, 0.5) is 5.82 Å². The van der Waals surface area contributed by atoms with Crippen LogP contribution in [0.25, 0.3) is 11.1 Å². The van der Waals surface area contributed by atoms with E-state index in [4.69, 9.17) is 45.8 Å². The van der Waals surface area contributed by atoms with Gasteiger partial charge in [-0.2, -0.15) is 5.26 Å². The summed E-state index contributed by atoms with van der Waals surface area (Å²) in [7, 11) is 0. The largest absolute Gasteiger partial charge is 0.384 e. The van der Waals surface area contributed by atoms with E-state index in [2.05, 4.69) is 4.98 Å². The van der Waals surface area contributed by atoms with Crippen molar-refractivity contribution in [3.05, 3.63) is 45.0 Å². The average molecular weight is 313 g/mol. The number of nitriles is 1. The lowest BCUT2D eigenvalue weighted by atomic mass is 10.0. The Morgan fingerprint density at radius 3 is 2.42 bits per heavy atom. The highest BCUT2D eigenvalue weighted by molar-refractivity contribution is 6.49. The van der Waals surface area contributed by atoms with E-state index in [1.54, 1.807) is 24.3 Å². The molecule has 0 bridgehead atoms. The molecule has 0 amide bonds. The Balaban J connectivity index is 2.66. The smallest absolute Gasteiger partial charge is 0.123 e. The summed E-state index contributed by atoms with van der Waals surface area (Å²) >= 11 is 18.1. The number of hydrogen-bond donors (Lipinski definition) is 1. The summed E-state index contributed by atoms with van der Waals surface area (Å²) in [4.78, 5) is 4.15. The first-order chi connectivity index (χ1) is 9.04. The van der Waals surface area contributed by atoms with Gasteiger partial charge < -0.3 is 5.73 Å². The van der Waals surface area contributed by atoms with Crippen molar-refractivity contribution in [3.63, 3.8) is 0 Å². The van der Waals surface area contributed by atoms with Crippen LogP contribution in [0.1, 0.15) is 5.69 Å². The van der Waals surface area contributed by atoms with Gasteiger partial charge in [-0.05, 0) is 18.2 Å². The highest BCUT2D eigenvalue weighted by atomic mass is 35.5. The number of benzene rings is 1. The first-order valence-corrected chi connectivity index (χ1v) is 6.44. The number of nitrogens with zero attached hydrogens (tertiary/aromatic N) is 2. The molecule has 0 saturated carbocycles. The number of hydrogen-bond acceptors (Lipinski definition) is 3. The summed E-state index contributed by atoms with van der Waals surface area (Å²) in [6.07, 6.45) is 0.136. The lowest BCUT2D eigenvalue weighted by Gasteiger charge is -2.11. The van der Waals surface area contributed by atoms with Crippen molar-refractivity contribution in [2.75, 3.05) is 5.73 Å². The maximum atomic E-state index is 8.84. The Bertz CT molecular complexity index is 678. The molecule has 96 valence electrons. The number of nitrogen functional groups attached to an aromatic ring is 1. The zero-order valence-corrected chi connectivity index (χ0v) is 11.9. The van der Waals surface area contributed by atoms with Gasteiger partial charge in [0.25, 0.3) is 0 Å². The van der Waals surface area contributed by atoms with Crippen LogP contribution in [-0.4, -0.2) is 4.98 Å². The van der Waals surface area contributed by atoms with Crippen LogP contribution >= 0.6 is 34.8 Å². The minimum Gasteiger partial charge on any atom is -0.384 e. The van der Waals surface area contributed by atoms with Gasteiger partial charge in [0.15, 0.2) is 0 Å². The van der Waals surface area contributed by atoms with Crippen molar-refractivity contribution >= 4 is 40.6 Å². The number of rotatable bonds is 2. The molecule has 0 fully saturated rings. The second-order valence-corrected chi connectivity index (χ2v) is 4.95. The highest BCUT2D eigenvalue weighted by Gasteiger charge is 2.14. The molecule has 3 nitrogen and oxygen atoms in total. The van der Waals surface area contributed by atoms with Crippen LogP contribution in [-0.2, 0) is 6.42 Å². The SMILES string of the molecule is N#CCc1nc(N)ccc1-c1ccc(Cl)c(Cl)c1Cl. The van der Waals surface area contributed by atoms with Crippen LogP contribution in [0.3, 0.4) is 0 Å². The molecule has 2 rings (SSSR count). The van der Waals surface area contributed by atoms with E-state index < -0.39 is 0 Å². The fourth-order valence-electron chi connectivity index (χ4n) is 1.71. The fraction of sp³-hybridized carbons (Fsp3) is 0.0769. The van der Waals surface area contributed by atoms with E-state index >= 15 is 0 Å². The van der Waals surface area contributed by atoms with Gasteiger partial charge in [-0.25, -0.2) is 4.98 Å². The summed E-state index contributed by atoms with van der Waals surface area (Å²) in [6, 6.07) is 8.85. The predicted octanol–water partition coefficient (Wildman–Crippen LogP) is 4.36. The Hall–Kier alpha value is -1.47. The average Bonchev–Trinajstić information content (AvgIpc) is 2.38. The van der Waals surface area contributed by atoms with Gasteiger partial charge in [-0.3, -0.25) is 0 Å². The lowest BCUT2D eigenvalue weighted by molar-refractivity contribution is 1.13. The molecule has 2 N–H and O–H groups in total. The van der Waals surface area contributed by atoms with Gasteiger partial charge in [0.1, 0.15) is 5.82 Å². The monoisotopic (exact) mass is 311 g/mol. The topological polar surface area (TPSA) is 62.7 Å².